The van der Waals surface area contributed by atoms with E-state index < -0.39 is 0 Å². The highest BCUT2D eigenvalue weighted by molar-refractivity contribution is 7.99. The normalized spacial score (nSPS) is 14.5. The molecule has 0 spiro atoms. The minimum atomic E-state index is 0.785. The van der Waals surface area contributed by atoms with Crippen LogP contribution in [0.25, 0.3) is 11.0 Å². The fourth-order valence-electron chi connectivity index (χ4n) is 3.57. The molecule has 6 nitrogen and oxygen atoms in total. The topological polar surface area (TPSA) is 70.8 Å². The van der Waals surface area contributed by atoms with Crippen LogP contribution in [0.15, 0.2) is 51.2 Å². The number of imidazole rings is 1. The van der Waals surface area contributed by atoms with Crippen LogP contribution in [0.1, 0.15) is 28.4 Å². The number of aryl methyl sites for hydroxylation is 2. The molecule has 4 heterocycles. The van der Waals surface area contributed by atoms with E-state index in [0.29, 0.717) is 0 Å². The zero-order valence-electron chi connectivity index (χ0n) is 15.9. The zero-order valence-corrected chi connectivity index (χ0v) is 16.7. The first kappa shape index (κ1) is 17.5. The lowest BCUT2D eigenvalue weighted by atomic mass is 10.1. The van der Waals surface area contributed by atoms with Gasteiger partial charge in [-0.15, -0.1) is 0 Å². The van der Waals surface area contributed by atoms with Crippen molar-refractivity contribution in [3.8, 4) is 0 Å². The second-order valence-corrected chi connectivity index (χ2v) is 8.23. The summed E-state index contributed by atoms with van der Waals surface area (Å²) in [5.41, 5.74) is 5.65. The van der Waals surface area contributed by atoms with Crippen molar-refractivity contribution < 1.29 is 4.42 Å². The highest BCUT2D eigenvalue weighted by Crippen LogP contribution is 2.30. The molecular formula is C21H21N5OS. The minimum Gasteiger partial charge on any atom is -0.453 e. The van der Waals surface area contributed by atoms with Crippen molar-refractivity contribution in [2.75, 3.05) is 6.54 Å². The fraction of sp³-hybridized carbons (Fsp3) is 0.286. The Balaban J connectivity index is 1.26. The number of hydrogen-bond donors (Lipinski definition) is 1. The number of furan rings is 1. The van der Waals surface area contributed by atoms with Gasteiger partial charge in [0.2, 0.25) is 0 Å². The highest BCUT2D eigenvalue weighted by Gasteiger charge is 2.19. The second-order valence-electron chi connectivity index (χ2n) is 7.24. The Labute approximate surface area is 167 Å². The number of rotatable bonds is 4. The molecule has 142 valence electrons. The Kier molecular flexibility index (Phi) is 4.41. The monoisotopic (exact) mass is 391 g/mol. The average Bonchev–Trinajstić information content (AvgIpc) is 3.28. The summed E-state index contributed by atoms with van der Waals surface area (Å²) in [5.74, 6) is 1.81. The third-order valence-electron chi connectivity index (χ3n) is 4.96. The summed E-state index contributed by atoms with van der Waals surface area (Å²) < 4.78 is 6.05. The molecule has 1 aliphatic rings. The van der Waals surface area contributed by atoms with Crippen molar-refractivity contribution in [1.82, 2.24) is 24.8 Å². The summed E-state index contributed by atoms with van der Waals surface area (Å²) in [7, 11) is 0. The number of nitrogens with one attached hydrogen (secondary N) is 1. The van der Waals surface area contributed by atoms with Gasteiger partial charge in [-0.05, 0) is 55.4 Å². The van der Waals surface area contributed by atoms with E-state index in [1.165, 1.54) is 28.6 Å². The van der Waals surface area contributed by atoms with Gasteiger partial charge in [0, 0.05) is 37.0 Å². The van der Waals surface area contributed by atoms with Crippen LogP contribution in [-0.2, 0) is 19.5 Å². The maximum atomic E-state index is 6.05. The Morgan fingerprint density at radius 2 is 2.11 bits per heavy atom. The van der Waals surface area contributed by atoms with Gasteiger partial charge in [0.15, 0.2) is 10.2 Å². The lowest BCUT2D eigenvalue weighted by Crippen LogP contribution is -2.30. The van der Waals surface area contributed by atoms with Crippen LogP contribution in [0.3, 0.4) is 0 Å². The second kappa shape index (κ2) is 7.07. The van der Waals surface area contributed by atoms with E-state index in [0.717, 1.165) is 58.9 Å². The SMILES string of the molecule is Cc1ccc2nc(Sc3ccc(CN4CCc5nc(C)ncc5C4)o3)[nH]c2c1. The highest BCUT2D eigenvalue weighted by atomic mass is 32.2. The van der Waals surface area contributed by atoms with Gasteiger partial charge in [0.25, 0.3) is 0 Å². The van der Waals surface area contributed by atoms with E-state index >= 15 is 0 Å². The van der Waals surface area contributed by atoms with Crippen molar-refractivity contribution in [2.45, 2.75) is 43.6 Å². The Hall–Kier alpha value is -2.64. The van der Waals surface area contributed by atoms with E-state index in [9.17, 15) is 0 Å². The van der Waals surface area contributed by atoms with Crippen LogP contribution in [0, 0.1) is 13.8 Å². The molecule has 0 radical (unpaired) electrons. The molecular weight excluding hydrogens is 370 g/mol. The summed E-state index contributed by atoms with van der Waals surface area (Å²) in [6.07, 6.45) is 2.91. The van der Waals surface area contributed by atoms with Gasteiger partial charge in [0.05, 0.1) is 17.6 Å². The third-order valence-corrected chi connectivity index (χ3v) is 5.77. The van der Waals surface area contributed by atoms with Gasteiger partial charge < -0.3 is 9.40 Å². The molecule has 1 N–H and O–H groups in total. The smallest absolute Gasteiger partial charge is 0.174 e. The zero-order chi connectivity index (χ0) is 19.1. The molecule has 0 bridgehead atoms. The van der Waals surface area contributed by atoms with E-state index in [1.807, 2.05) is 25.3 Å². The molecule has 7 heteroatoms. The molecule has 0 amide bonds. The molecule has 1 aromatic carbocycles. The number of aromatic nitrogens is 4. The molecule has 5 rings (SSSR count). The van der Waals surface area contributed by atoms with Crippen molar-refractivity contribution in [3.05, 3.63) is 64.9 Å². The van der Waals surface area contributed by atoms with Crippen LogP contribution >= 0.6 is 11.8 Å². The molecule has 3 aromatic heterocycles. The van der Waals surface area contributed by atoms with Gasteiger partial charge >= 0.3 is 0 Å². The van der Waals surface area contributed by atoms with Crippen LogP contribution in [0.2, 0.25) is 0 Å². The largest absolute Gasteiger partial charge is 0.453 e. The molecule has 0 saturated heterocycles. The maximum absolute atomic E-state index is 6.05. The van der Waals surface area contributed by atoms with Crippen molar-refractivity contribution >= 4 is 22.8 Å². The standard InChI is InChI=1S/C21H21N5OS/c1-13-3-5-18-19(9-13)25-21(24-18)28-20-6-4-16(27-20)12-26-8-7-17-15(11-26)10-22-14(2)23-17/h3-6,9-10H,7-8,11-12H2,1-2H3,(H,24,25). The summed E-state index contributed by atoms with van der Waals surface area (Å²) in [6, 6.07) is 10.3. The Bertz CT molecular complexity index is 1150. The number of hydrogen-bond acceptors (Lipinski definition) is 6. The number of H-pyrrole nitrogens is 1. The summed E-state index contributed by atoms with van der Waals surface area (Å²) in [6.45, 7) is 6.65. The van der Waals surface area contributed by atoms with Crippen LogP contribution in [0.5, 0.6) is 0 Å². The molecule has 4 aromatic rings. The lowest BCUT2D eigenvalue weighted by molar-refractivity contribution is 0.218. The van der Waals surface area contributed by atoms with Gasteiger partial charge in [-0.25, -0.2) is 15.0 Å². The molecule has 0 aliphatic carbocycles. The van der Waals surface area contributed by atoms with Crippen LogP contribution < -0.4 is 0 Å². The van der Waals surface area contributed by atoms with E-state index in [4.69, 9.17) is 4.42 Å². The summed E-state index contributed by atoms with van der Waals surface area (Å²) in [4.78, 5) is 19.2. The van der Waals surface area contributed by atoms with Crippen LogP contribution in [0.4, 0.5) is 0 Å². The van der Waals surface area contributed by atoms with Gasteiger partial charge in [-0.2, -0.15) is 0 Å². The van der Waals surface area contributed by atoms with Gasteiger partial charge in [-0.1, -0.05) is 6.07 Å². The first-order valence-corrected chi connectivity index (χ1v) is 10.2. The minimum absolute atomic E-state index is 0.785. The summed E-state index contributed by atoms with van der Waals surface area (Å²) in [5, 5.41) is 1.70. The molecule has 0 unspecified atom stereocenters. The Morgan fingerprint density at radius 1 is 1.18 bits per heavy atom. The fourth-order valence-corrected chi connectivity index (χ4v) is 4.35. The number of benzene rings is 1. The quantitative estimate of drug-likeness (QED) is 0.560. The third kappa shape index (κ3) is 3.55. The average molecular weight is 392 g/mol. The lowest BCUT2D eigenvalue weighted by Gasteiger charge is -2.27. The maximum Gasteiger partial charge on any atom is 0.174 e. The first-order valence-electron chi connectivity index (χ1n) is 9.39. The van der Waals surface area contributed by atoms with E-state index in [2.05, 4.69) is 50.0 Å². The molecule has 1 aliphatic heterocycles. The number of aromatic amines is 1. The predicted molar refractivity (Wildman–Crippen MR) is 108 cm³/mol. The van der Waals surface area contributed by atoms with Crippen molar-refractivity contribution in [2.24, 2.45) is 0 Å². The number of fused-ring (bicyclic) bond motifs is 2. The number of nitrogens with zero attached hydrogens (tertiary/aromatic N) is 4. The van der Waals surface area contributed by atoms with Crippen LogP contribution in [-0.4, -0.2) is 31.4 Å². The van der Waals surface area contributed by atoms with Gasteiger partial charge in [0.1, 0.15) is 11.6 Å². The molecule has 0 fully saturated rings. The van der Waals surface area contributed by atoms with E-state index in [-0.39, 0.29) is 0 Å². The Morgan fingerprint density at radius 3 is 3.04 bits per heavy atom. The predicted octanol–water partition coefficient (Wildman–Crippen LogP) is 4.27. The van der Waals surface area contributed by atoms with Crippen molar-refractivity contribution in [1.29, 1.82) is 0 Å². The molecule has 28 heavy (non-hydrogen) atoms. The molecule has 0 atom stereocenters. The molecule has 0 saturated carbocycles. The van der Waals surface area contributed by atoms with E-state index in [1.54, 1.807) is 0 Å². The summed E-state index contributed by atoms with van der Waals surface area (Å²) >= 11 is 1.52. The van der Waals surface area contributed by atoms with Crippen molar-refractivity contribution in [3.63, 3.8) is 0 Å². The first-order chi connectivity index (χ1) is 13.6. The van der Waals surface area contributed by atoms with Gasteiger partial charge in [-0.3, -0.25) is 4.90 Å².